The summed E-state index contributed by atoms with van der Waals surface area (Å²) >= 11 is 0. The van der Waals surface area contributed by atoms with Crippen molar-refractivity contribution in [2.45, 2.75) is 32.1 Å². The molecule has 0 unspecified atom stereocenters. The van der Waals surface area contributed by atoms with Crippen molar-refractivity contribution in [3.63, 3.8) is 0 Å². The fourth-order valence-corrected chi connectivity index (χ4v) is 2.18. The maximum absolute atomic E-state index is 4.28. The third-order valence-corrected chi connectivity index (χ3v) is 2.91. The molecule has 0 aromatic carbocycles. The Kier molecular flexibility index (Phi) is 2.50. The van der Waals surface area contributed by atoms with E-state index in [-0.39, 0.29) is 0 Å². The quantitative estimate of drug-likeness (QED) is 0.562. The molecule has 0 spiro atoms. The molecular weight excluding hydrogens is 146 g/mol. The summed E-state index contributed by atoms with van der Waals surface area (Å²) in [6, 6.07) is 0. The third-order valence-electron chi connectivity index (χ3n) is 2.91. The van der Waals surface area contributed by atoms with Gasteiger partial charge >= 0.3 is 0 Å². The zero-order valence-corrected chi connectivity index (χ0v) is 7.50. The van der Waals surface area contributed by atoms with Gasteiger partial charge in [0.1, 0.15) is 0 Å². The molecule has 1 heterocycles. The second-order valence-corrected chi connectivity index (χ2v) is 3.76. The molecule has 0 amide bonds. The maximum atomic E-state index is 4.28. The van der Waals surface area contributed by atoms with Crippen LogP contribution in [0.1, 0.15) is 32.1 Å². The van der Waals surface area contributed by atoms with Gasteiger partial charge in [-0.15, -0.1) is 0 Å². The average molecular weight is 162 g/mol. The van der Waals surface area contributed by atoms with Gasteiger partial charge in [-0.05, 0) is 30.4 Å². The Labute approximate surface area is 74.5 Å². The monoisotopic (exact) mass is 162 g/mol. The molecule has 2 aliphatic rings. The van der Waals surface area contributed by atoms with E-state index in [1.54, 1.807) is 5.57 Å². The lowest BCUT2D eigenvalue weighted by molar-refractivity contribution is 0.396. The van der Waals surface area contributed by atoms with Crippen molar-refractivity contribution in [3.05, 3.63) is 23.9 Å². The number of hydrogen-bond donors (Lipinski definition) is 0. The van der Waals surface area contributed by atoms with Gasteiger partial charge in [0.25, 0.3) is 0 Å². The molecule has 0 saturated heterocycles. The Morgan fingerprint density at radius 1 is 1.17 bits per heavy atom. The van der Waals surface area contributed by atoms with Gasteiger partial charge in [0.2, 0.25) is 0 Å². The van der Waals surface area contributed by atoms with Gasteiger partial charge in [-0.2, -0.15) is 0 Å². The van der Waals surface area contributed by atoms with Crippen molar-refractivity contribution < 1.29 is 0 Å². The summed E-state index contributed by atoms with van der Waals surface area (Å²) in [5, 5.41) is 4.28. The highest BCUT2D eigenvalue weighted by atomic mass is 14.8. The zero-order valence-electron chi connectivity index (χ0n) is 7.50. The van der Waals surface area contributed by atoms with Gasteiger partial charge in [0.05, 0.1) is 6.54 Å². The van der Waals surface area contributed by atoms with E-state index in [4.69, 9.17) is 0 Å². The maximum Gasteiger partial charge on any atom is 0.0605 e. The SMILES string of the molecule is C1=C[N]CC(C2CCCCC2)=C1. The first-order valence-electron chi connectivity index (χ1n) is 4.99. The minimum absolute atomic E-state index is 0.854. The minimum atomic E-state index is 0.854. The van der Waals surface area contributed by atoms with Gasteiger partial charge in [0, 0.05) is 6.20 Å². The summed E-state index contributed by atoms with van der Waals surface area (Å²) in [5.74, 6) is 0.854. The fraction of sp³-hybridized carbons (Fsp3) is 0.636. The van der Waals surface area contributed by atoms with E-state index in [9.17, 15) is 0 Å². The molecule has 0 bridgehead atoms. The normalized spacial score (nSPS) is 24.8. The van der Waals surface area contributed by atoms with Gasteiger partial charge in [0.15, 0.2) is 0 Å². The highest BCUT2D eigenvalue weighted by molar-refractivity contribution is 5.20. The van der Waals surface area contributed by atoms with Crippen LogP contribution < -0.4 is 5.32 Å². The largest absolute Gasteiger partial charge is 0.289 e. The van der Waals surface area contributed by atoms with E-state index in [1.165, 1.54) is 32.1 Å². The minimum Gasteiger partial charge on any atom is -0.289 e. The Hall–Kier alpha value is -0.720. The standard InChI is InChI=1S/C11H16N/c1-2-5-10(6-3-1)11-7-4-8-12-9-11/h4,7-8,10H,1-3,5-6,9H2. The molecule has 0 aromatic heterocycles. The molecule has 0 aromatic rings. The molecule has 12 heavy (non-hydrogen) atoms. The summed E-state index contributed by atoms with van der Waals surface area (Å²) in [4.78, 5) is 0. The topological polar surface area (TPSA) is 14.1 Å². The molecule has 1 aliphatic carbocycles. The molecule has 2 rings (SSSR count). The van der Waals surface area contributed by atoms with E-state index in [1.807, 2.05) is 6.20 Å². The van der Waals surface area contributed by atoms with Crippen molar-refractivity contribution in [1.82, 2.24) is 5.32 Å². The number of nitrogens with zero attached hydrogens (tertiary/aromatic N) is 1. The summed E-state index contributed by atoms with van der Waals surface area (Å²) in [6.07, 6.45) is 13.3. The average Bonchev–Trinajstić information content (AvgIpc) is 2.21. The van der Waals surface area contributed by atoms with Crippen molar-refractivity contribution in [2.24, 2.45) is 5.92 Å². The van der Waals surface area contributed by atoms with Gasteiger partial charge in [-0.1, -0.05) is 25.3 Å². The smallest absolute Gasteiger partial charge is 0.0605 e. The molecule has 65 valence electrons. The second-order valence-electron chi connectivity index (χ2n) is 3.76. The van der Waals surface area contributed by atoms with Gasteiger partial charge in [-0.25, -0.2) is 0 Å². The zero-order chi connectivity index (χ0) is 8.23. The predicted molar refractivity (Wildman–Crippen MR) is 50.8 cm³/mol. The van der Waals surface area contributed by atoms with E-state index in [2.05, 4.69) is 17.5 Å². The van der Waals surface area contributed by atoms with Crippen LogP contribution >= 0.6 is 0 Å². The molecule has 1 nitrogen and oxygen atoms in total. The van der Waals surface area contributed by atoms with Crippen LogP contribution in [-0.4, -0.2) is 6.54 Å². The summed E-state index contributed by atoms with van der Waals surface area (Å²) in [5.41, 5.74) is 1.57. The highest BCUT2D eigenvalue weighted by Gasteiger charge is 2.17. The van der Waals surface area contributed by atoms with Crippen LogP contribution in [0, 0.1) is 5.92 Å². The van der Waals surface area contributed by atoms with Crippen LogP contribution in [0.5, 0.6) is 0 Å². The molecule has 0 N–H and O–H groups in total. The molecule has 1 radical (unpaired) electrons. The van der Waals surface area contributed by atoms with Crippen molar-refractivity contribution in [2.75, 3.05) is 6.54 Å². The highest BCUT2D eigenvalue weighted by Crippen LogP contribution is 2.29. The van der Waals surface area contributed by atoms with Crippen LogP contribution in [0.2, 0.25) is 0 Å². The van der Waals surface area contributed by atoms with Crippen molar-refractivity contribution >= 4 is 0 Å². The van der Waals surface area contributed by atoms with E-state index < -0.39 is 0 Å². The van der Waals surface area contributed by atoms with Gasteiger partial charge < -0.3 is 0 Å². The van der Waals surface area contributed by atoms with Crippen LogP contribution in [0.15, 0.2) is 23.9 Å². The Balaban J connectivity index is 1.97. The number of allylic oxidation sites excluding steroid dienone is 2. The molecule has 0 atom stereocenters. The lowest BCUT2D eigenvalue weighted by Gasteiger charge is -2.24. The molecule has 1 saturated carbocycles. The van der Waals surface area contributed by atoms with E-state index in [0.29, 0.717) is 0 Å². The number of rotatable bonds is 1. The lowest BCUT2D eigenvalue weighted by atomic mass is 9.83. The fourth-order valence-electron chi connectivity index (χ4n) is 2.18. The van der Waals surface area contributed by atoms with Crippen LogP contribution in [0.4, 0.5) is 0 Å². The summed E-state index contributed by atoms with van der Waals surface area (Å²) < 4.78 is 0. The molecular formula is C11H16N. The summed E-state index contributed by atoms with van der Waals surface area (Å²) in [7, 11) is 0. The Bertz CT molecular complexity index is 197. The first-order valence-corrected chi connectivity index (χ1v) is 4.99. The first kappa shape index (κ1) is 7.90. The Morgan fingerprint density at radius 2 is 2.00 bits per heavy atom. The Morgan fingerprint density at radius 3 is 2.67 bits per heavy atom. The second kappa shape index (κ2) is 3.79. The number of hydrogen-bond acceptors (Lipinski definition) is 0. The molecule has 1 heteroatoms. The van der Waals surface area contributed by atoms with E-state index >= 15 is 0 Å². The third kappa shape index (κ3) is 1.71. The van der Waals surface area contributed by atoms with Crippen LogP contribution in [0.3, 0.4) is 0 Å². The van der Waals surface area contributed by atoms with Crippen LogP contribution in [-0.2, 0) is 0 Å². The van der Waals surface area contributed by atoms with Crippen molar-refractivity contribution in [1.29, 1.82) is 0 Å². The lowest BCUT2D eigenvalue weighted by Crippen LogP contribution is -2.16. The first-order chi connectivity index (χ1) is 5.97. The molecule has 1 aliphatic heterocycles. The molecule has 1 fully saturated rings. The summed E-state index contributed by atoms with van der Waals surface area (Å²) in [6.45, 7) is 0.959. The van der Waals surface area contributed by atoms with Crippen molar-refractivity contribution in [3.8, 4) is 0 Å². The van der Waals surface area contributed by atoms with Crippen LogP contribution in [0.25, 0.3) is 0 Å². The van der Waals surface area contributed by atoms with E-state index in [0.717, 1.165) is 12.5 Å². The van der Waals surface area contributed by atoms with Gasteiger partial charge in [-0.3, -0.25) is 5.32 Å². The predicted octanol–water partition coefficient (Wildman–Crippen LogP) is 2.62.